The van der Waals surface area contributed by atoms with Gasteiger partial charge < -0.3 is 38.5 Å². The van der Waals surface area contributed by atoms with Crippen LogP contribution in [0.25, 0.3) is 11.0 Å². The van der Waals surface area contributed by atoms with Crippen LogP contribution in [0.5, 0.6) is 11.5 Å². The number of carbonyl (C=O) groups is 2. The normalized spacial score (nSPS) is 16.6. The van der Waals surface area contributed by atoms with Gasteiger partial charge in [0.25, 0.3) is 0 Å². The largest absolute Gasteiger partial charge is 0.494 e. The lowest BCUT2D eigenvalue weighted by Crippen LogP contribution is -2.43. The van der Waals surface area contributed by atoms with Gasteiger partial charge >= 0.3 is 12.2 Å². The van der Waals surface area contributed by atoms with Crippen LogP contribution in [-0.4, -0.2) is 89.7 Å². The van der Waals surface area contributed by atoms with Crippen molar-refractivity contribution in [3.05, 3.63) is 53.5 Å². The highest BCUT2D eigenvalue weighted by Crippen LogP contribution is 2.36. The zero-order chi connectivity index (χ0) is 35.9. The number of nitrogens with zero attached hydrogens (tertiary/aromatic N) is 4. The second-order valence-corrected chi connectivity index (χ2v) is 14.2. The molecule has 0 unspecified atom stereocenters. The Morgan fingerprint density at radius 2 is 1.35 bits per heavy atom. The van der Waals surface area contributed by atoms with Crippen molar-refractivity contribution in [3.63, 3.8) is 0 Å². The number of likely N-dealkylation sites (tertiary alicyclic amines) is 2. The first kappa shape index (κ1) is 37.3. The Morgan fingerprint density at radius 3 is 1.86 bits per heavy atom. The molecule has 2 aromatic carbocycles. The summed E-state index contributed by atoms with van der Waals surface area (Å²) in [4.78, 5) is 27.7. The number of piperidine rings is 2. The second-order valence-electron chi connectivity index (χ2n) is 14.2. The number of ether oxygens (including phenoxy) is 4. The van der Waals surface area contributed by atoms with E-state index in [1.165, 1.54) is 13.2 Å². The number of aromatic nitrogens is 1. The minimum atomic E-state index is -0.549. The Hall–Kier alpha value is -4.55. The highest BCUT2D eigenvalue weighted by Gasteiger charge is 2.32. The summed E-state index contributed by atoms with van der Waals surface area (Å²) in [6.07, 6.45) is 2.22. The van der Waals surface area contributed by atoms with Gasteiger partial charge in [0.05, 0.1) is 25.6 Å². The van der Waals surface area contributed by atoms with Gasteiger partial charge in [0.1, 0.15) is 11.2 Å². The summed E-state index contributed by atoms with van der Waals surface area (Å²) in [5.41, 5.74) is 1.12. The molecule has 3 aromatic rings. The second kappa shape index (κ2) is 15.8. The molecule has 2 aliphatic rings. The van der Waals surface area contributed by atoms with Gasteiger partial charge in [-0.1, -0.05) is 22.4 Å². The third-order valence-corrected chi connectivity index (χ3v) is 8.34. The number of rotatable bonds is 5. The number of fused-ring (bicyclic) bond motifs is 1. The summed E-state index contributed by atoms with van der Waals surface area (Å²) in [5, 5.41) is 18.0. The fraction of sp³-hybridized carbons (Fsp3) is 0.556. The van der Waals surface area contributed by atoms with E-state index in [0.717, 1.165) is 23.9 Å². The standard InChI is InChI=1S/C18H25FN2O4.C18H24N2O4/c1-18(2,3)25-17(22)21-10-8-12(9-11-21)16(20-23)13-6-5-7-14(24-4)15(13)19;1-18(2,3)23-17(21)20-10-8-12(9-11-20)15-13-6-5-7-14(22-4)16(13)24-19-15/h5-7,12,23H,8-11H2,1-4H3;5-7,12H,8-11H2,1-4H3/b20-16+;. The van der Waals surface area contributed by atoms with E-state index >= 15 is 0 Å². The van der Waals surface area contributed by atoms with Gasteiger partial charge in [-0.15, -0.1) is 0 Å². The molecule has 2 fully saturated rings. The Labute approximate surface area is 287 Å². The number of para-hydroxylation sites is 1. The van der Waals surface area contributed by atoms with E-state index in [2.05, 4.69) is 10.3 Å². The molecule has 0 bridgehead atoms. The molecule has 2 aliphatic heterocycles. The number of halogens is 1. The number of benzene rings is 2. The molecular formula is C36H49FN4O8. The molecule has 0 aliphatic carbocycles. The van der Waals surface area contributed by atoms with Crippen molar-refractivity contribution >= 4 is 28.9 Å². The molecule has 0 saturated carbocycles. The smallest absolute Gasteiger partial charge is 0.410 e. The lowest BCUT2D eigenvalue weighted by Gasteiger charge is -2.33. The first-order chi connectivity index (χ1) is 23.2. The average Bonchev–Trinajstić information content (AvgIpc) is 3.49. The van der Waals surface area contributed by atoms with E-state index in [1.54, 1.807) is 29.0 Å². The minimum absolute atomic E-state index is 0.102. The highest BCUT2D eigenvalue weighted by atomic mass is 19.1. The fourth-order valence-electron chi connectivity index (χ4n) is 5.96. The Kier molecular flexibility index (Phi) is 12.0. The van der Waals surface area contributed by atoms with Crippen LogP contribution in [0, 0.1) is 11.7 Å². The van der Waals surface area contributed by atoms with Crippen LogP contribution in [0.15, 0.2) is 46.1 Å². The number of oxime groups is 1. The van der Waals surface area contributed by atoms with E-state index in [0.29, 0.717) is 50.4 Å². The molecule has 0 atom stereocenters. The van der Waals surface area contributed by atoms with Crippen LogP contribution in [0.4, 0.5) is 14.0 Å². The van der Waals surface area contributed by atoms with E-state index in [-0.39, 0.29) is 41.0 Å². The van der Waals surface area contributed by atoms with Gasteiger partial charge in [0, 0.05) is 49.0 Å². The van der Waals surface area contributed by atoms with Crippen LogP contribution in [0.3, 0.4) is 0 Å². The van der Waals surface area contributed by atoms with Crippen LogP contribution < -0.4 is 9.47 Å². The minimum Gasteiger partial charge on any atom is -0.494 e. The predicted octanol–water partition coefficient (Wildman–Crippen LogP) is 7.61. The molecule has 12 nitrogen and oxygen atoms in total. The summed E-state index contributed by atoms with van der Waals surface area (Å²) >= 11 is 0. The molecular weight excluding hydrogens is 635 g/mol. The van der Waals surface area contributed by atoms with E-state index < -0.39 is 17.0 Å². The third kappa shape index (κ3) is 9.54. The summed E-state index contributed by atoms with van der Waals surface area (Å²) in [7, 11) is 3.01. The Balaban J connectivity index is 0.000000221. The summed E-state index contributed by atoms with van der Waals surface area (Å²) in [6, 6.07) is 10.5. The molecule has 1 aromatic heterocycles. The van der Waals surface area contributed by atoms with Crippen molar-refractivity contribution in [2.24, 2.45) is 11.1 Å². The summed E-state index contributed by atoms with van der Waals surface area (Å²) < 4.78 is 41.0. The van der Waals surface area contributed by atoms with Crippen LogP contribution in [-0.2, 0) is 9.47 Å². The number of hydrogen-bond donors (Lipinski definition) is 1. The number of hydrogen-bond acceptors (Lipinski definition) is 10. The SMILES string of the molecule is COc1cccc(/C(=N/O)C2CCN(C(=O)OC(C)(C)C)CC2)c1F.COc1cccc2c(C3CCN(C(=O)OC(C)(C)C)CC3)noc12. The maximum atomic E-state index is 14.5. The summed E-state index contributed by atoms with van der Waals surface area (Å²) in [5.74, 6) is 0.372. The third-order valence-electron chi connectivity index (χ3n) is 8.34. The maximum Gasteiger partial charge on any atom is 0.410 e. The first-order valence-corrected chi connectivity index (χ1v) is 16.6. The maximum absolute atomic E-state index is 14.5. The highest BCUT2D eigenvalue weighted by molar-refractivity contribution is 6.02. The van der Waals surface area contributed by atoms with Gasteiger partial charge in [-0.05, 0) is 91.5 Å². The number of methoxy groups -OCH3 is 2. The van der Waals surface area contributed by atoms with Gasteiger partial charge in [0.15, 0.2) is 17.3 Å². The monoisotopic (exact) mass is 684 g/mol. The quantitative estimate of drug-likeness (QED) is 0.164. The van der Waals surface area contributed by atoms with Gasteiger partial charge in [-0.25, -0.2) is 14.0 Å². The molecule has 3 heterocycles. The fourth-order valence-corrected chi connectivity index (χ4v) is 5.96. The van der Waals surface area contributed by atoms with Gasteiger partial charge in [-0.3, -0.25) is 0 Å². The van der Waals surface area contributed by atoms with Gasteiger partial charge in [-0.2, -0.15) is 0 Å². The first-order valence-electron chi connectivity index (χ1n) is 16.6. The van der Waals surface area contributed by atoms with Crippen molar-refractivity contribution in [1.82, 2.24) is 15.0 Å². The topological polar surface area (TPSA) is 136 Å². The molecule has 2 saturated heterocycles. The van der Waals surface area contributed by atoms with E-state index in [4.69, 9.17) is 23.5 Å². The molecule has 0 radical (unpaired) electrons. The molecule has 1 N–H and O–H groups in total. The molecule has 49 heavy (non-hydrogen) atoms. The zero-order valence-electron chi connectivity index (χ0n) is 29.7. The van der Waals surface area contributed by atoms with Crippen molar-refractivity contribution < 1.29 is 42.7 Å². The Morgan fingerprint density at radius 1 is 0.837 bits per heavy atom. The predicted molar refractivity (Wildman–Crippen MR) is 182 cm³/mol. The van der Waals surface area contributed by atoms with Crippen molar-refractivity contribution in [1.29, 1.82) is 0 Å². The van der Waals surface area contributed by atoms with Crippen molar-refractivity contribution in [2.45, 2.75) is 84.3 Å². The average molecular weight is 685 g/mol. The lowest BCUT2D eigenvalue weighted by atomic mass is 9.88. The lowest BCUT2D eigenvalue weighted by molar-refractivity contribution is 0.0192. The van der Waals surface area contributed by atoms with Gasteiger partial charge in [0.2, 0.25) is 5.58 Å². The van der Waals surface area contributed by atoms with E-state index in [1.807, 2.05) is 59.7 Å². The van der Waals surface area contributed by atoms with Crippen molar-refractivity contribution in [3.8, 4) is 11.5 Å². The van der Waals surface area contributed by atoms with Crippen LogP contribution in [0.2, 0.25) is 0 Å². The molecule has 5 rings (SSSR count). The zero-order valence-corrected chi connectivity index (χ0v) is 29.7. The molecule has 268 valence electrons. The van der Waals surface area contributed by atoms with Crippen LogP contribution in [0.1, 0.15) is 84.4 Å². The number of carbonyl (C=O) groups excluding carboxylic acids is 2. The van der Waals surface area contributed by atoms with E-state index in [9.17, 15) is 19.2 Å². The molecule has 0 spiro atoms. The number of amides is 2. The van der Waals surface area contributed by atoms with Crippen LogP contribution >= 0.6 is 0 Å². The molecule has 13 heteroatoms. The molecule has 2 amide bonds. The summed E-state index contributed by atoms with van der Waals surface area (Å²) in [6.45, 7) is 13.4. The van der Waals surface area contributed by atoms with Crippen molar-refractivity contribution in [2.75, 3.05) is 40.4 Å². The Bertz CT molecular complexity index is 1610.